The van der Waals surface area contributed by atoms with Gasteiger partial charge in [-0.25, -0.2) is 15.0 Å². The van der Waals surface area contributed by atoms with E-state index in [9.17, 15) is 9.36 Å². The maximum atomic E-state index is 12.1. The number of carbonyl (C=O) groups excluding carboxylic acids is 1. The fourth-order valence-electron chi connectivity index (χ4n) is 2.99. The quantitative estimate of drug-likeness (QED) is 0.498. The third-order valence-corrected chi connectivity index (χ3v) is 6.41. The Kier molecular flexibility index (Phi) is 5.27. The molecule has 2 N–H and O–H groups in total. The fourth-order valence-corrected chi connectivity index (χ4v) is 3.76. The summed E-state index contributed by atoms with van der Waals surface area (Å²) in [7, 11) is -0.553. The van der Waals surface area contributed by atoms with E-state index in [1.54, 1.807) is 51.1 Å². The van der Waals surface area contributed by atoms with Crippen LogP contribution in [0.3, 0.4) is 0 Å². The normalized spacial score (nSPS) is 13.4. The highest BCUT2D eigenvalue weighted by molar-refractivity contribution is 7.70. The molecule has 8 heteroatoms. The lowest BCUT2D eigenvalue weighted by Gasteiger charge is -2.09. The molecule has 0 atom stereocenters. The zero-order valence-corrected chi connectivity index (χ0v) is 18.0. The molecule has 3 aromatic rings. The van der Waals surface area contributed by atoms with Gasteiger partial charge in [-0.2, -0.15) is 0 Å². The summed E-state index contributed by atoms with van der Waals surface area (Å²) in [6.45, 7) is 3.42. The minimum Gasteiger partial charge on any atom is -0.373 e. The van der Waals surface area contributed by atoms with Crippen LogP contribution in [0.2, 0.25) is 0 Å². The van der Waals surface area contributed by atoms with Gasteiger partial charge in [-0.1, -0.05) is 5.92 Å². The summed E-state index contributed by atoms with van der Waals surface area (Å²) in [5.74, 6) is 7.45. The van der Waals surface area contributed by atoms with E-state index >= 15 is 0 Å². The molecular weight excluding hydrogens is 397 g/mol. The van der Waals surface area contributed by atoms with Crippen LogP contribution >= 0.6 is 7.14 Å². The van der Waals surface area contributed by atoms with Gasteiger partial charge in [-0.15, -0.1) is 0 Å². The zero-order chi connectivity index (χ0) is 21.3. The second-order valence-corrected chi connectivity index (χ2v) is 10.9. The van der Waals surface area contributed by atoms with Gasteiger partial charge in [0.1, 0.15) is 24.5 Å². The Bertz CT molecular complexity index is 1230. The molecule has 0 saturated heterocycles. The molecule has 1 aliphatic carbocycles. The average Bonchev–Trinajstić information content (AvgIpc) is 3.57. The number of carbonyl (C=O) groups is 1. The van der Waals surface area contributed by atoms with Crippen molar-refractivity contribution >= 4 is 40.8 Å². The Morgan fingerprint density at radius 2 is 1.87 bits per heavy atom. The molecule has 152 valence electrons. The van der Waals surface area contributed by atoms with Crippen LogP contribution in [0.5, 0.6) is 0 Å². The first kappa shape index (κ1) is 20.1. The van der Waals surface area contributed by atoms with Crippen molar-refractivity contribution in [2.45, 2.75) is 12.8 Å². The molecular formula is C22H22N5O2P. The van der Waals surface area contributed by atoms with E-state index in [0.717, 1.165) is 28.9 Å². The Morgan fingerprint density at radius 1 is 1.07 bits per heavy atom. The summed E-state index contributed by atoms with van der Waals surface area (Å²) in [5, 5.41) is 8.31. The molecule has 1 fully saturated rings. The maximum Gasteiger partial charge on any atom is 0.228 e. The molecule has 1 amide bonds. The molecule has 0 aliphatic heterocycles. The number of nitrogens with zero attached hydrogens (tertiary/aromatic N) is 3. The highest BCUT2D eigenvalue weighted by Crippen LogP contribution is 2.34. The minimum absolute atomic E-state index is 0.00538. The van der Waals surface area contributed by atoms with Crippen LogP contribution in [0.1, 0.15) is 24.1 Å². The summed E-state index contributed by atoms with van der Waals surface area (Å²) in [4.78, 5) is 25.2. The zero-order valence-electron chi connectivity index (χ0n) is 17.1. The van der Waals surface area contributed by atoms with Gasteiger partial charge < -0.3 is 15.2 Å². The summed E-state index contributed by atoms with van der Waals surface area (Å²) < 4.78 is 12.1. The number of amides is 1. The SMILES string of the molecule is CNc1ncc(C#Cc2ccc(P(C)(C)=O)cn2)c2cc(NC(=O)C3CC3)ncc12. The van der Waals surface area contributed by atoms with Crippen molar-refractivity contribution < 1.29 is 9.36 Å². The number of nitrogens with one attached hydrogen (secondary N) is 2. The summed E-state index contributed by atoms with van der Waals surface area (Å²) in [6.07, 6.45) is 6.85. The molecule has 7 nitrogen and oxygen atoms in total. The highest BCUT2D eigenvalue weighted by Gasteiger charge is 2.29. The molecule has 1 saturated carbocycles. The van der Waals surface area contributed by atoms with Gasteiger partial charge in [0.05, 0.1) is 5.56 Å². The van der Waals surface area contributed by atoms with E-state index in [1.807, 2.05) is 6.07 Å². The number of aromatic nitrogens is 3. The van der Waals surface area contributed by atoms with Gasteiger partial charge in [-0.3, -0.25) is 4.79 Å². The second kappa shape index (κ2) is 7.89. The van der Waals surface area contributed by atoms with Crippen LogP contribution in [0.25, 0.3) is 10.8 Å². The number of fused-ring (bicyclic) bond motifs is 1. The highest BCUT2D eigenvalue weighted by atomic mass is 31.2. The smallest absolute Gasteiger partial charge is 0.228 e. The van der Waals surface area contributed by atoms with E-state index in [4.69, 9.17) is 0 Å². The third kappa shape index (κ3) is 4.34. The standard InChI is InChI=1S/C22H22N5O2P/c1-23-21-19-13-25-20(27-22(28)14-4-5-14)10-18(19)15(11-26-21)6-7-16-8-9-17(12-24-16)30(2,3)29/h8-14H,4-5H2,1-3H3,(H,23,26)(H,25,27,28). The van der Waals surface area contributed by atoms with Crippen molar-refractivity contribution in [1.82, 2.24) is 15.0 Å². The minimum atomic E-state index is -2.35. The lowest BCUT2D eigenvalue weighted by molar-refractivity contribution is -0.117. The molecule has 0 unspecified atom stereocenters. The van der Waals surface area contributed by atoms with Crippen LogP contribution in [-0.4, -0.2) is 41.2 Å². The summed E-state index contributed by atoms with van der Waals surface area (Å²) in [5.41, 5.74) is 1.28. The van der Waals surface area contributed by atoms with Crippen LogP contribution in [0.4, 0.5) is 11.6 Å². The van der Waals surface area contributed by atoms with Crippen molar-refractivity contribution in [3.05, 3.63) is 48.0 Å². The summed E-state index contributed by atoms with van der Waals surface area (Å²) in [6, 6.07) is 5.39. The van der Waals surface area contributed by atoms with Crippen LogP contribution in [0.15, 0.2) is 36.8 Å². The Balaban J connectivity index is 1.70. The van der Waals surface area contributed by atoms with E-state index in [2.05, 4.69) is 37.4 Å². The van der Waals surface area contributed by atoms with E-state index < -0.39 is 7.14 Å². The largest absolute Gasteiger partial charge is 0.373 e. The first-order valence-corrected chi connectivity index (χ1v) is 12.3. The maximum absolute atomic E-state index is 12.1. The number of hydrogen-bond acceptors (Lipinski definition) is 6. The first-order valence-electron chi connectivity index (χ1n) is 9.66. The molecule has 0 spiro atoms. The van der Waals surface area contributed by atoms with Gasteiger partial charge in [0.2, 0.25) is 5.91 Å². The van der Waals surface area contributed by atoms with Crippen molar-refractivity contribution in [1.29, 1.82) is 0 Å². The van der Waals surface area contributed by atoms with E-state index in [1.165, 1.54) is 0 Å². The molecule has 0 bridgehead atoms. The Labute approximate surface area is 175 Å². The van der Waals surface area contributed by atoms with E-state index in [-0.39, 0.29) is 11.8 Å². The van der Waals surface area contributed by atoms with Gasteiger partial charge in [0.15, 0.2) is 0 Å². The molecule has 3 aromatic heterocycles. The predicted octanol–water partition coefficient (Wildman–Crippen LogP) is 3.06. The summed E-state index contributed by atoms with van der Waals surface area (Å²) >= 11 is 0. The lowest BCUT2D eigenvalue weighted by atomic mass is 10.1. The van der Waals surface area contributed by atoms with Crippen molar-refractivity contribution in [3.63, 3.8) is 0 Å². The average molecular weight is 419 g/mol. The third-order valence-electron chi connectivity index (χ3n) is 4.90. The molecule has 4 rings (SSSR count). The first-order chi connectivity index (χ1) is 14.3. The van der Waals surface area contributed by atoms with Crippen molar-refractivity contribution in [2.24, 2.45) is 5.92 Å². The number of rotatable bonds is 4. The Morgan fingerprint density at radius 3 is 2.50 bits per heavy atom. The van der Waals surface area contributed by atoms with Crippen molar-refractivity contribution in [3.8, 4) is 11.8 Å². The molecule has 1 aliphatic rings. The van der Waals surface area contributed by atoms with Crippen molar-refractivity contribution in [2.75, 3.05) is 31.0 Å². The van der Waals surface area contributed by atoms with E-state index in [0.29, 0.717) is 22.9 Å². The molecule has 30 heavy (non-hydrogen) atoms. The fraction of sp³-hybridized carbons (Fsp3) is 0.273. The van der Waals surface area contributed by atoms with Crippen LogP contribution in [-0.2, 0) is 9.36 Å². The number of hydrogen-bond donors (Lipinski definition) is 2. The molecule has 0 radical (unpaired) electrons. The molecule has 0 aromatic carbocycles. The second-order valence-electron chi connectivity index (χ2n) is 7.65. The topological polar surface area (TPSA) is 96.9 Å². The lowest BCUT2D eigenvalue weighted by Crippen LogP contribution is -2.14. The van der Waals surface area contributed by atoms with Gasteiger partial charge >= 0.3 is 0 Å². The predicted molar refractivity (Wildman–Crippen MR) is 120 cm³/mol. The monoisotopic (exact) mass is 419 g/mol. The Hall–Kier alpha value is -3.23. The molecule has 3 heterocycles. The van der Waals surface area contributed by atoms with Gasteiger partial charge in [0, 0.05) is 47.6 Å². The van der Waals surface area contributed by atoms with Crippen LogP contribution in [0, 0.1) is 17.8 Å². The van der Waals surface area contributed by atoms with Gasteiger partial charge in [-0.05, 0) is 50.3 Å². The van der Waals surface area contributed by atoms with Crippen LogP contribution < -0.4 is 15.9 Å². The number of pyridine rings is 3. The van der Waals surface area contributed by atoms with Gasteiger partial charge in [0.25, 0.3) is 0 Å². The number of anilines is 2.